The molecule has 0 saturated heterocycles. The molecule has 0 saturated carbocycles. The summed E-state index contributed by atoms with van der Waals surface area (Å²) in [4.78, 5) is 0.0487. The van der Waals surface area contributed by atoms with Gasteiger partial charge < -0.3 is 4.74 Å². The van der Waals surface area contributed by atoms with Crippen LogP contribution in [0.5, 0.6) is 5.75 Å². The Balaban J connectivity index is 2.17. The molecule has 0 amide bonds. The lowest BCUT2D eigenvalue weighted by Crippen LogP contribution is -2.12. The van der Waals surface area contributed by atoms with Gasteiger partial charge >= 0.3 is 0 Å². The van der Waals surface area contributed by atoms with Crippen LogP contribution in [-0.2, 0) is 16.6 Å². The first-order valence-corrected chi connectivity index (χ1v) is 8.21. The van der Waals surface area contributed by atoms with Gasteiger partial charge in [0.15, 0.2) is 0 Å². The Morgan fingerprint density at radius 3 is 2.50 bits per heavy atom. The molecule has 0 aliphatic rings. The molecule has 0 unspecified atom stereocenters. The number of hydrogen-bond donors (Lipinski definition) is 1. The van der Waals surface area contributed by atoms with Crippen LogP contribution in [0.4, 0.5) is 0 Å². The largest absolute Gasteiger partial charge is 0.488 e. The lowest BCUT2D eigenvalue weighted by molar-refractivity contribution is 0.303. The molecule has 6 heteroatoms. The van der Waals surface area contributed by atoms with E-state index in [9.17, 15) is 8.42 Å². The highest BCUT2D eigenvalue weighted by atomic mass is 79.9. The summed E-state index contributed by atoms with van der Waals surface area (Å²) in [6, 6.07) is 12.4. The van der Waals surface area contributed by atoms with Gasteiger partial charge in [-0.15, -0.1) is 0 Å². The average molecular weight is 356 g/mol. The molecular formula is C14H14BrNO3S. The Labute approximate surface area is 126 Å². The Hall–Kier alpha value is -1.37. The summed E-state index contributed by atoms with van der Waals surface area (Å²) < 4.78 is 28.7. The van der Waals surface area contributed by atoms with E-state index < -0.39 is 10.0 Å². The molecule has 0 atom stereocenters. The van der Waals surface area contributed by atoms with E-state index in [0.29, 0.717) is 16.8 Å². The van der Waals surface area contributed by atoms with E-state index in [1.165, 1.54) is 12.1 Å². The molecule has 0 aromatic heterocycles. The maximum absolute atomic E-state index is 11.2. The predicted octanol–water partition coefficient (Wildman–Crippen LogP) is 2.98. The zero-order chi connectivity index (χ0) is 14.8. The molecular weight excluding hydrogens is 342 g/mol. The van der Waals surface area contributed by atoms with Crippen molar-refractivity contribution in [3.8, 4) is 5.75 Å². The van der Waals surface area contributed by atoms with Crippen LogP contribution in [0.2, 0.25) is 0 Å². The molecule has 2 aromatic rings. The molecule has 0 aliphatic heterocycles. The molecule has 0 aliphatic carbocycles. The first-order valence-electron chi connectivity index (χ1n) is 5.87. The zero-order valence-corrected chi connectivity index (χ0v) is 13.2. The minimum Gasteiger partial charge on any atom is -0.488 e. The SMILES string of the molecule is Cc1ccccc1COc1ccc(S(N)(=O)=O)cc1Br. The molecule has 0 radical (unpaired) electrons. The van der Waals surface area contributed by atoms with Gasteiger partial charge in [-0.25, -0.2) is 13.6 Å². The van der Waals surface area contributed by atoms with Crippen LogP contribution >= 0.6 is 15.9 Å². The second kappa shape index (κ2) is 5.95. The van der Waals surface area contributed by atoms with Gasteiger partial charge in [0.2, 0.25) is 10.0 Å². The zero-order valence-electron chi connectivity index (χ0n) is 10.8. The van der Waals surface area contributed by atoms with E-state index in [1.807, 2.05) is 31.2 Å². The number of nitrogens with two attached hydrogens (primary N) is 1. The fourth-order valence-electron chi connectivity index (χ4n) is 1.70. The van der Waals surface area contributed by atoms with E-state index in [2.05, 4.69) is 15.9 Å². The molecule has 20 heavy (non-hydrogen) atoms. The van der Waals surface area contributed by atoms with E-state index in [0.717, 1.165) is 11.1 Å². The third-order valence-corrected chi connectivity index (χ3v) is 4.41. The van der Waals surface area contributed by atoms with Gasteiger partial charge in [0, 0.05) is 0 Å². The number of ether oxygens (including phenoxy) is 1. The van der Waals surface area contributed by atoms with Gasteiger partial charge in [-0.3, -0.25) is 0 Å². The molecule has 2 aromatic carbocycles. The van der Waals surface area contributed by atoms with E-state index in [-0.39, 0.29) is 4.90 Å². The van der Waals surface area contributed by atoms with Crippen LogP contribution in [-0.4, -0.2) is 8.42 Å². The van der Waals surface area contributed by atoms with Gasteiger partial charge in [0.25, 0.3) is 0 Å². The molecule has 0 bridgehead atoms. The fourth-order valence-corrected chi connectivity index (χ4v) is 2.89. The van der Waals surface area contributed by atoms with E-state index in [4.69, 9.17) is 9.88 Å². The Morgan fingerprint density at radius 2 is 1.90 bits per heavy atom. The number of benzene rings is 2. The molecule has 2 rings (SSSR count). The molecule has 0 fully saturated rings. The van der Waals surface area contributed by atoms with Crippen molar-refractivity contribution < 1.29 is 13.2 Å². The number of halogens is 1. The molecule has 0 spiro atoms. The van der Waals surface area contributed by atoms with Crippen molar-refractivity contribution in [1.29, 1.82) is 0 Å². The second-order valence-electron chi connectivity index (χ2n) is 4.35. The van der Waals surface area contributed by atoms with Crippen molar-refractivity contribution in [3.05, 3.63) is 58.1 Å². The van der Waals surface area contributed by atoms with Gasteiger partial charge in [-0.2, -0.15) is 0 Å². The van der Waals surface area contributed by atoms with Gasteiger partial charge in [-0.05, 0) is 52.2 Å². The van der Waals surface area contributed by atoms with Gasteiger partial charge in [-0.1, -0.05) is 24.3 Å². The summed E-state index contributed by atoms with van der Waals surface area (Å²) in [6.45, 7) is 2.43. The minimum atomic E-state index is -3.70. The smallest absolute Gasteiger partial charge is 0.238 e. The van der Waals surface area contributed by atoms with Crippen LogP contribution in [0, 0.1) is 6.92 Å². The Kier molecular flexibility index (Phi) is 4.47. The van der Waals surface area contributed by atoms with Crippen molar-refractivity contribution >= 4 is 26.0 Å². The number of hydrogen-bond acceptors (Lipinski definition) is 3. The summed E-state index contributed by atoms with van der Waals surface area (Å²) in [5.41, 5.74) is 2.22. The first kappa shape index (κ1) is 15.0. The fraction of sp³-hybridized carbons (Fsp3) is 0.143. The topological polar surface area (TPSA) is 69.4 Å². The molecule has 2 N–H and O–H groups in total. The quantitative estimate of drug-likeness (QED) is 0.916. The third-order valence-electron chi connectivity index (χ3n) is 2.88. The minimum absolute atomic E-state index is 0.0487. The number of primary sulfonamides is 1. The second-order valence-corrected chi connectivity index (χ2v) is 6.77. The van der Waals surface area contributed by atoms with Gasteiger partial charge in [0.05, 0.1) is 9.37 Å². The van der Waals surface area contributed by atoms with Crippen molar-refractivity contribution in [2.75, 3.05) is 0 Å². The van der Waals surface area contributed by atoms with Crippen LogP contribution in [0.25, 0.3) is 0 Å². The number of rotatable bonds is 4. The van der Waals surface area contributed by atoms with E-state index >= 15 is 0 Å². The third kappa shape index (κ3) is 3.59. The lowest BCUT2D eigenvalue weighted by Gasteiger charge is -2.10. The van der Waals surface area contributed by atoms with E-state index in [1.54, 1.807) is 6.07 Å². The number of sulfonamides is 1. The monoisotopic (exact) mass is 355 g/mol. The molecule has 4 nitrogen and oxygen atoms in total. The summed E-state index contributed by atoms with van der Waals surface area (Å²) in [7, 11) is -3.70. The number of aryl methyl sites for hydroxylation is 1. The van der Waals surface area contributed by atoms with Crippen molar-refractivity contribution in [2.24, 2.45) is 5.14 Å². The summed E-state index contributed by atoms with van der Waals surface area (Å²) >= 11 is 3.29. The van der Waals surface area contributed by atoms with Gasteiger partial charge in [0.1, 0.15) is 12.4 Å². The van der Waals surface area contributed by atoms with Crippen molar-refractivity contribution in [1.82, 2.24) is 0 Å². The average Bonchev–Trinajstić information content (AvgIpc) is 2.38. The first-order chi connectivity index (χ1) is 9.38. The molecule has 0 heterocycles. The van der Waals surface area contributed by atoms with Crippen LogP contribution < -0.4 is 9.88 Å². The normalized spacial score (nSPS) is 11.3. The highest BCUT2D eigenvalue weighted by Crippen LogP contribution is 2.28. The summed E-state index contributed by atoms with van der Waals surface area (Å²) in [5.74, 6) is 0.570. The highest BCUT2D eigenvalue weighted by Gasteiger charge is 2.11. The molecule has 106 valence electrons. The maximum Gasteiger partial charge on any atom is 0.238 e. The predicted molar refractivity (Wildman–Crippen MR) is 81.0 cm³/mol. The Bertz CT molecular complexity index is 729. The lowest BCUT2D eigenvalue weighted by atomic mass is 10.1. The van der Waals surface area contributed by atoms with Crippen molar-refractivity contribution in [2.45, 2.75) is 18.4 Å². The maximum atomic E-state index is 11.2. The van der Waals surface area contributed by atoms with Crippen LogP contribution in [0.15, 0.2) is 51.8 Å². The van der Waals surface area contributed by atoms with Crippen LogP contribution in [0.3, 0.4) is 0 Å². The standard InChI is InChI=1S/C14H14BrNO3S/c1-10-4-2-3-5-11(10)9-19-14-7-6-12(8-13(14)15)20(16,17)18/h2-8H,9H2,1H3,(H2,16,17,18). The van der Waals surface area contributed by atoms with Crippen LogP contribution in [0.1, 0.15) is 11.1 Å². The van der Waals surface area contributed by atoms with Crippen molar-refractivity contribution in [3.63, 3.8) is 0 Å². The summed E-state index contributed by atoms with van der Waals surface area (Å²) in [5, 5.41) is 5.07. The Morgan fingerprint density at radius 1 is 1.20 bits per heavy atom. The summed E-state index contributed by atoms with van der Waals surface area (Å²) in [6.07, 6.45) is 0. The highest BCUT2D eigenvalue weighted by molar-refractivity contribution is 9.10.